The number of carbonyl (C=O) groups excluding carboxylic acids is 1. The third-order valence-electron chi connectivity index (χ3n) is 2.79. The van der Waals surface area contributed by atoms with E-state index in [1.165, 1.54) is 6.07 Å². The van der Waals surface area contributed by atoms with Gasteiger partial charge in [0.15, 0.2) is 6.29 Å². The predicted molar refractivity (Wildman–Crippen MR) is 70.3 cm³/mol. The Kier molecular flexibility index (Phi) is 3.72. The molecule has 0 unspecified atom stereocenters. The summed E-state index contributed by atoms with van der Waals surface area (Å²) in [5.74, 6) is -0.377. The molecule has 0 radical (unpaired) electrons. The number of aldehydes is 1. The number of hydrogen-bond acceptors (Lipinski definition) is 2. The van der Waals surface area contributed by atoms with E-state index in [2.05, 4.69) is 0 Å². The number of hydrogen-bond donors (Lipinski definition) is 0. The molecule has 2 aromatic carbocycles. The summed E-state index contributed by atoms with van der Waals surface area (Å²) in [6.07, 6.45) is 0.680. The highest BCUT2D eigenvalue weighted by molar-refractivity contribution is 5.84. The van der Waals surface area contributed by atoms with Gasteiger partial charge in [0, 0.05) is 19.2 Å². The molecule has 0 bridgehead atoms. The standard InChI is InChI=1S/C15H14FNO/c1-17(10-12-6-3-2-4-7-12)15-13(11-18)8-5-9-14(15)16/h2-9,11H,10H2,1H3. The zero-order chi connectivity index (χ0) is 13.0. The molecule has 0 N–H and O–H groups in total. The Hall–Kier alpha value is -2.16. The Bertz CT molecular complexity index is 539. The minimum Gasteiger partial charge on any atom is -0.367 e. The van der Waals surface area contributed by atoms with Gasteiger partial charge in [-0.1, -0.05) is 36.4 Å². The molecule has 0 heterocycles. The highest BCUT2D eigenvalue weighted by Crippen LogP contribution is 2.23. The number of nitrogens with zero attached hydrogens (tertiary/aromatic N) is 1. The van der Waals surface area contributed by atoms with Crippen molar-refractivity contribution in [3.63, 3.8) is 0 Å². The summed E-state index contributed by atoms with van der Waals surface area (Å²) in [6.45, 7) is 0.558. The maximum absolute atomic E-state index is 13.8. The second-order valence-electron chi connectivity index (χ2n) is 4.14. The van der Waals surface area contributed by atoms with Crippen LogP contribution in [0.25, 0.3) is 0 Å². The van der Waals surface area contributed by atoms with Crippen molar-refractivity contribution < 1.29 is 9.18 Å². The van der Waals surface area contributed by atoms with Crippen molar-refractivity contribution in [2.45, 2.75) is 6.54 Å². The van der Waals surface area contributed by atoms with Crippen LogP contribution in [0.3, 0.4) is 0 Å². The Morgan fingerprint density at radius 3 is 2.50 bits per heavy atom. The van der Waals surface area contributed by atoms with Crippen LogP contribution >= 0.6 is 0 Å². The van der Waals surface area contributed by atoms with Gasteiger partial charge in [-0.05, 0) is 17.7 Å². The molecule has 0 aromatic heterocycles. The number of halogens is 1. The molecule has 0 saturated carbocycles. The Morgan fingerprint density at radius 1 is 1.11 bits per heavy atom. The van der Waals surface area contributed by atoms with Gasteiger partial charge in [0.25, 0.3) is 0 Å². The maximum atomic E-state index is 13.8. The minimum absolute atomic E-state index is 0.344. The first-order valence-electron chi connectivity index (χ1n) is 5.71. The fourth-order valence-corrected chi connectivity index (χ4v) is 1.97. The lowest BCUT2D eigenvalue weighted by Crippen LogP contribution is -2.19. The fraction of sp³-hybridized carbons (Fsp3) is 0.133. The maximum Gasteiger partial charge on any atom is 0.152 e. The van der Waals surface area contributed by atoms with E-state index >= 15 is 0 Å². The topological polar surface area (TPSA) is 20.3 Å². The van der Waals surface area contributed by atoms with E-state index in [9.17, 15) is 9.18 Å². The Balaban J connectivity index is 2.29. The van der Waals surface area contributed by atoms with Crippen LogP contribution in [0.2, 0.25) is 0 Å². The van der Waals surface area contributed by atoms with Gasteiger partial charge in [0.2, 0.25) is 0 Å². The third kappa shape index (κ3) is 2.56. The van der Waals surface area contributed by atoms with Gasteiger partial charge in [-0.15, -0.1) is 0 Å². The third-order valence-corrected chi connectivity index (χ3v) is 2.79. The predicted octanol–water partition coefficient (Wildman–Crippen LogP) is 3.27. The summed E-state index contributed by atoms with van der Waals surface area (Å²) in [5, 5.41) is 0. The molecule has 0 spiro atoms. The monoisotopic (exact) mass is 243 g/mol. The van der Waals surface area contributed by atoms with E-state index < -0.39 is 0 Å². The summed E-state index contributed by atoms with van der Waals surface area (Å²) in [6, 6.07) is 14.3. The minimum atomic E-state index is -0.377. The molecule has 3 heteroatoms. The molecule has 2 nitrogen and oxygen atoms in total. The molecular formula is C15H14FNO. The first kappa shape index (κ1) is 12.3. The van der Waals surface area contributed by atoms with E-state index in [0.717, 1.165) is 5.56 Å². The molecular weight excluding hydrogens is 229 g/mol. The summed E-state index contributed by atoms with van der Waals surface area (Å²) >= 11 is 0. The van der Waals surface area contributed by atoms with E-state index in [4.69, 9.17) is 0 Å². The molecule has 18 heavy (non-hydrogen) atoms. The van der Waals surface area contributed by atoms with Crippen LogP contribution in [-0.4, -0.2) is 13.3 Å². The van der Waals surface area contributed by atoms with Gasteiger partial charge >= 0.3 is 0 Å². The smallest absolute Gasteiger partial charge is 0.152 e. The van der Waals surface area contributed by atoms with Gasteiger partial charge in [0.05, 0.1) is 5.69 Å². The molecule has 0 amide bonds. The second kappa shape index (κ2) is 5.45. The number of para-hydroxylation sites is 1. The average Bonchev–Trinajstić information content (AvgIpc) is 2.39. The van der Waals surface area contributed by atoms with Gasteiger partial charge in [0.1, 0.15) is 5.82 Å². The van der Waals surface area contributed by atoms with E-state index in [1.54, 1.807) is 24.1 Å². The van der Waals surface area contributed by atoms with Crippen LogP contribution in [0.4, 0.5) is 10.1 Å². The number of carbonyl (C=O) groups is 1. The summed E-state index contributed by atoms with van der Waals surface area (Å²) in [4.78, 5) is 12.7. The van der Waals surface area contributed by atoms with Gasteiger partial charge in [-0.3, -0.25) is 4.79 Å². The van der Waals surface area contributed by atoms with Crippen LogP contribution in [0.15, 0.2) is 48.5 Å². The zero-order valence-electron chi connectivity index (χ0n) is 10.1. The van der Waals surface area contributed by atoms with Crippen molar-refractivity contribution in [1.29, 1.82) is 0 Å². The van der Waals surface area contributed by atoms with Crippen molar-refractivity contribution >= 4 is 12.0 Å². The van der Waals surface area contributed by atoms with Gasteiger partial charge in [-0.25, -0.2) is 4.39 Å². The summed E-state index contributed by atoms with van der Waals surface area (Å²) in [7, 11) is 1.78. The Labute approximate surface area is 106 Å². The molecule has 0 fully saturated rings. The van der Waals surface area contributed by atoms with Crippen molar-refractivity contribution in [3.05, 3.63) is 65.5 Å². The van der Waals surface area contributed by atoms with E-state index in [0.29, 0.717) is 24.1 Å². The van der Waals surface area contributed by atoms with Crippen LogP contribution in [0.5, 0.6) is 0 Å². The molecule has 0 aliphatic rings. The number of anilines is 1. The lowest BCUT2D eigenvalue weighted by Gasteiger charge is -2.21. The first-order valence-corrected chi connectivity index (χ1v) is 5.71. The first-order chi connectivity index (χ1) is 8.72. The molecule has 2 aromatic rings. The summed E-state index contributed by atoms with van der Waals surface area (Å²) in [5.41, 5.74) is 1.78. The van der Waals surface area contributed by atoms with Crippen molar-refractivity contribution in [2.24, 2.45) is 0 Å². The largest absolute Gasteiger partial charge is 0.367 e. The highest BCUT2D eigenvalue weighted by atomic mass is 19.1. The Morgan fingerprint density at radius 2 is 1.83 bits per heavy atom. The van der Waals surface area contributed by atoms with Crippen molar-refractivity contribution in [3.8, 4) is 0 Å². The number of benzene rings is 2. The van der Waals surface area contributed by atoms with Crippen LogP contribution < -0.4 is 4.90 Å². The summed E-state index contributed by atoms with van der Waals surface area (Å²) < 4.78 is 13.8. The molecule has 0 aliphatic carbocycles. The van der Waals surface area contributed by atoms with Gasteiger partial charge < -0.3 is 4.90 Å². The van der Waals surface area contributed by atoms with Crippen molar-refractivity contribution in [2.75, 3.05) is 11.9 Å². The fourth-order valence-electron chi connectivity index (χ4n) is 1.97. The quantitative estimate of drug-likeness (QED) is 0.768. The average molecular weight is 243 g/mol. The van der Waals surface area contributed by atoms with E-state index in [-0.39, 0.29) is 5.82 Å². The van der Waals surface area contributed by atoms with Crippen LogP contribution in [-0.2, 0) is 6.54 Å². The number of rotatable bonds is 4. The van der Waals surface area contributed by atoms with Crippen LogP contribution in [0.1, 0.15) is 15.9 Å². The van der Waals surface area contributed by atoms with Gasteiger partial charge in [-0.2, -0.15) is 0 Å². The lowest BCUT2D eigenvalue weighted by molar-refractivity contribution is 0.112. The van der Waals surface area contributed by atoms with Crippen LogP contribution in [0, 0.1) is 5.82 Å². The molecule has 0 saturated heterocycles. The normalized spacial score (nSPS) is 10.1. The molecule has 92 valence electrons. The lowest BCUT2D eigenvalue weighted by atomic mass is 10.1. The molecule has 2 rings (SSSR count). The second-order valence-corrected chi connectivity index (χ2v) is 4.14. The molecule has 0 atom stereocenters. The SMILES string of the molecule is CN(Cc1ccccc1)c1c(F)cccc1C=O. The van der Waals surface area contributed by atoms with E-state index in [1.807, 2.05) is 30.3 Å². The van der Waals surface area contributed by atoms with Crippen molar-refractivity contribution in [1.82, 2.24) is 0 Å². The zero-order valence-corrected chi connectivity index (χ0v) is 10.1. The highest BCUT2D eigenvalue weighted by Gasteiger charge is 2.12. The molecule has 0 aliphatic heterocycles.